The second kappa shape index (κ2) is 8.84. The Hall–Kier alpha value is -2.93. The van der Waals surface area contributed by atoms with E-state index in [2.05, 4.69) is 10.2 Å². The molecule has 148 valence electrons. The number of piperazine rings is 1. The maximum Gasteiger partial charge on any atom is 0.292 e. The van der Waals surface area contributed by atoms with Gasteiger partial charge in [0.05, 0.1) is 11.0 Å². The molecule has 1 heterocycles. The highest BCUT2D eigenvalue weighted by molar-refractivity contribution is 5.81. The quantitative estimate of drug-likeness (QED) is 0.614. The Morgan fingerprint density at radius 1 is 1.11 bits per heavy atom. The zero-order valence-electron chi connectivity index (χ0n) is 16.3. The van der Waals surface area contributed by atoms with Crippen molar-refractivity contribution in [3.8, 4) is 0 Å². The molecule has 0 saturated carbocycles. The molecule has 2 aromatic rings. The Labute approximate surface area is 165 Å². The molecule has 0 bridgehead atoms. The molecule has 1 atom stereocenters. The van der Waals surface area contributed by atoms with E-state index >= 15 is 0 Å². The van der Waals surface area contributed by atoms with E-state index in [1.807, 2.05) is 49.1 Å². The summed E-state index contributed by atoms with van der Waals surface area (Å²) in [5, 5.41) is 14.2. The van der Waals surface area contributed by atoms with E-state index in [1.54, 1.807) is 12.1 Å². The summed E-state index contributed by atoms with van der Waals surface area (Å²) in [5.41, 5.74) is 3.04. The van der Waals surface area contributed by atoms with Gasteiger partial charge in [-0.3, -0.25) is 19.8 Å². The molecule has 1 aliphatic heterocycles. The fourth-order valence-corrected chi connectivity index (χ4v) is 3.44. The van der Waals surface area contributed by atoms with Gasteiger partial charge in [0.2, 0.25) is 5.91 Å². The van der Waals surface area contributed by atoms with Crippen molar-refractivity contribution in [2.45, 2.75) is 26.4 Å². The average molecular weight is 382 g/mol. The molecular weight excluding hydrogens is 356 g/mol. The minimum absolute atomic E-state index is 0.000262. The molecule has 1 aliphatic rings. The van der Waals surface area contributed by atoms with E-state index in [1.165, 1.54) is 11.6 Å². The molecule has 28 heavy (non-hydrogen) atoms. The van der Waals surface area contributed by atoms with Crippen molar-refractivity contribution in [3.05, 3.63) is 69.8 Å². The Bertz CT molecular complexity index is 830. The standard InChI is InChI=1S/C21H26N4O3/c1-16-7-9-18(10-8-16)15-22-21(26)17(2)23-11-13-24(14-12-23)19-5-3-4-6-20(19)25(27)28/h3-10,17H,11-15H2,1-2H3,(H,22,26). The summed E-state index contributed by atoms with van der Waals surface area (Å²) in [6.45, 7) is 7.13. The van der Waals surface area contributed by atoms with Crippen molar-refractivity contribution in [3.63, 3.8) is 0 Å². The number of hydrogen-bond donors (Lipinski definition) is 1. The summed E-state index contributed by atoms with van der Waals surface area (Å²) in [6, 6.07) is 14.7. The first kappa shape index (κ1) is 19.8. The SMILES string of the molecule is Cc1ccc(CNC(=O)C(C)N2CCN(c3ccccc3[N+](=O)[O-])CC2)cc1. The third-order valence-corrected chi connectivity index (χ3v) is 5.25. The molecule has 3 rings (SSSR count). The Balaban J connectivity index is 1.53. The van der Waals surface area contributed by atoms with E-state index in [-0.39, 0.29) is 22.6 Å². The number of carbonyl (C=O) groups is 1. The van der Waals surface area contributed by atoms with Crippen molar-refractivity contribution < 1.29 is 9.72 Å². The van der Waals surface area contributed by atoms with Crippen LogP contribution < -0.4 is 10.2 Å². The Morgan fingerprint density at radius 3 is 2.39 bits per heavy atom. The Kier molecular flexibility index (Phi) is 6.26. The summed E-state index contributed by atoms with van der Waals surface area (Å²) < 4.78 is 0. The second-order valence-electron chi connectivity index (χ2n) is 7.15. The van der Waals surface area contributed by atoms with E-state index in [0.29, 0.717) is 38.4 Å². The van der Waals surface area contributed by atoms with Gasteiger partial charge in [-0.25, -0.2) is 0 Å². The maximum absolute atomic E-state index is 12.5. The molecule has 0 spiro atoms. The molecule has 1 unspecified atom stereocenters. The van der Waals surface area contributed by atoms with E-state index in [0.717, 1.165) is 5.56 Å². The van der Waals surface area contributed by atoms with Crippen LogP contribution in [0.4, 0.5) is 11.4 Å². The zero-order chi connectivity index (χ0) is 20.1. The fourth-order valence-electron chi connectivity index (χ4n) is 3.44. The van der Waals surface area contributed by atoms with Gasteiger partial charge in [-0.1, -0.05) is 42.0 Å². The lowest BCUT2D eigenvalue weighted by molar-refractivity contribution is -0.384. The van der Waals surface area contributed by atoms with Crippen molar-refractivity contribution in [2.75, 3.05) is 31.1 Å². The van der Waals surface area contributed by atoms with Crippen LogP contribution in [-0.2, 0) is 11.3 Å². The number of benzene rings is 2. The third kappa shape index (κ3) is 4.67. The van der Waals surface area contributed by atoms with E-state index in [4.69, 9.17) is 0 Å². The van der Waals surface area contributed by atoms with E-state index < -0.39 is 0 Å². The van der Waals surface area contributed by atoms with Gasteiger partial charge in [0.1, 0.15) is 5.69 Å². The number of para-hydroxylation sites is 2. The average Bonchev–Trinajstić information content (AvgIpc) is 2.72. The number of nitrogens with one attached hydrogen (secondary N) is 1. The first-order chi connectivity index (χ1) is 13.5. The predicted molar refractivity (Wildman–Crippen MR) is 109 cm³/mol. The minimum Gasteiger partial charge on any atom is -0.363 e. The molecule has 1 saturated heterocycles. The number of nitro groups is 1. The van der Waals surface area contributed by atoms with Crippen molar-refractivity contribution in [1.82, 2.24) is 10.2 Å². The molecule has 1 N–H and O–H groups in total. The lowest BCUT2D eigenvalue weighted by Crippen LogP contribution is -2.54. The largest absolute Gasteiger partial charge is 0.363 e. The van der Waals surface area contributed by atoms with Gasteiger partial charge in [0.15, 0.2) is 0 Å². The van der Waals surface area contributed by atoms with Gasteiger partial charge in [-0.05, 0) is 25.5 Å². The van der Waals surface area contributed by atoms with Crippen LogP contribution in [0.15, 0.2) is 48.5 Å². The highest BCUT2D eigenvalue weighted by Crippen LogP contribution is 2.28. The summed E-state index contributed by atoms with van der Waals surface area (Å²) >= 11 is 0. The van der Waals surface area contributed by atoms with Crippen LogP contribution in [0.25, 0.3) is 0 Å². The topological polar surface area (TPSA) is 78.7 Å². The number of rotatable bonds is 6. The van der Waals surface area contributed by atoms with Gasteiger partial charge in [0, 0.05) is 38.8 Å². The minimum atomic E-state index is -0.344. The number of nitrogens with zero attached hydrogens (tertiary/aromatic N) is 3. The molecule has 7 heteroatoms. The Morgan fingerprint density at radius 2 is 1.75 bits per heavy atom. The van der Waals surface area contributed by atoms with Crippen LogP contribution in [-0.4, -0.2) is 48.0 Å². The summed E-state index contributed by atoms with van der Waals surface area (Å²) in [5.74, 6) is -0.000262. The summed E-state index contributed by atoms with van der Waals surface area (Å²) in [4.78, 5) is 27.6. The van der Waals surface area contributed by atoms with Gasteiger partial charge in [0.25, 0.3) is 5.69 Å². The van der Waals surface area contributed by atoms with Gasteiger partial charge in [-0.15, -0.1) is 0 Å². The lowest BCUT2D eigenvalue weighted by atomic mass is 10.1. The van der Waals surface area contributed by atoms with Gasteiger partial charge < -0.3 is 10.2 Å². The van der Waals surface area contributed by atoms with Gasteiger partial charge >= 0.3 is 0 Å². The van der Waals surface area contributed by atoms with Crippen LogP contribution in [0.2, 0.25) is 0 Å². The molecule has 1 fully saturated rings. The predicted octanol–water partition coefficient (Wildman–Crippen LogP) is 2.73. The van der Waals surface area contributed by atoms with Crippen LogP contribution in [0.1, 0.15) is 18.1 Å². The van der Waals surface area contributed by atoms with Crippen LogP contribution >= 0.6 is 0 Å². The number of anilines is 1. The van der Waals surface area contributed by atoms with E-state index in [9.17, 15) is 14.9 Å². The highest BCUT2D eigenvalue weighted by Gasteiger charge is 2.28. The summed E-state index contributed by atoms with van der Waals surface area (Å²) in [6.07, 6.45) is 0. The summed E-state index contributed by atoms with van der Waals surface area (Å²) in [7, 11) is 0. The molecule has 0 aliphatic carbocycles. The zero-order valence-corrected chi connectivity index (χ0v) is 16.3. The van der Waals surface area contributed by atoms with Gasteiger partial charge in [-0.2, -0.15) is 0 Å². The molecule has 7 nitrogen and oxygen atoms in total. The second-order valence-corrected chi connectivity index (χ2v) is 7.15. The number of amides is 1. The van der Waals surface area contributed by atoms with Crippen molar-refractivity contribution in [2.24, 2.45) is 0 Å². The molecule has 0 aromatic heterocycles. The number of hydrogen-bond acceptors (Lipinski definition) is 5. The number of carbonyl (C=O) groups excluding carboxylic acids is 1. The normalized spacial score (nSPS) is 15.9. The molecular formula is C21H26N4O3. The fraction of sp³-hybridized carbons (Fsp3) is 0.381. The van der Waals surface area contributed by atoms with Crippen molar-refractivity contribution >= 4 is 17.3 Å². The molecule has 1 amide bonds. The third-order valence-electron chi connectivity index (χ3n) is 5.25. The molecule has 2 aromatic carbocycles. The monoisotopic (exact) mass is 382 g/mol. The first-order valence-electron chi connectivity index (χ1n) is 9.51. The maximum atomic E-state index is 12.5. The van der Waals surface area contributed by atoms with Crippen LogP contribution in [0.3, 0.4) is 0 Å². The smallest absolute Gasteiger partial charge is 0.292 e. The van der Waals surface area contributed by atoms with Crippen LogP contribution in [0.5, 0.6) is 0 Å². The number of nitro benzene ring substituents is 1. The highest BCUT2D eigenvalue weighted by atomic mass is 16.6. The lowest BCUT2D eigenvalue weighted by Gasteiger charge is -2.38. The first-order valence-corrected chi connectivity index (χ1v) is 9.51. The number of aryl methyl sites for hydroxylation is 1. The molecule has 0 radical (unpaired) electrons. The van der Waals surface area contributed by atoms with Crippen molar-refractivity contribution in [1.29, 1.82) is 0 Å². The van der Waals surface area contributed by atoms with Crippen LogP contribution in [0, 0.1) is 17.0 Å².